The fraction of sp³-hybridized carbons (Fsp3) is 0.333. The van der Waals surface area contributed by atoms with E-state index < -0.39 is 6.67 Å². The number of rotatable bonds is 2. The van der Waals surface area contributed by atoms with Crippen LogP contribution in [0.1, 0.15) is 0 Å². The molecule has 4 heteroatoms. The van der Waals surface area contributed by atoms with Crippen molar-refractivity contribution in [2.24, 2.45) is 11.6 Å². The molecule has 0 radical (unpaired) electrons. The summed E-state index contributed by atoms with van der Waals surface area (Å²) in [4.78, 5) is 0. The van der Waals surface area contributed by atoms with Crippen LogP contribution in [0.25, 0.3) is 0 Å². The molecule has 5 N–H and O–H groups in total. The SMILES string of the molecule is NN/C=C(\N)CF. The van der Waals surface area contributed by atoms with Crippen molar-refractivity contribution in [3.05, 3.63) is 11.9 Å². The quantitative estimate of drug-likeness (QED) is 0.319. The highest BCUT2D eigenvalue weighted by atomic mass is 19.1. The first kappa shape index (κ1) is 6.23. The van der Waals surface area contributed by atoms with Gasteiger partial charge in [0.1, 0.15) is 6.67 Å². The van der Waals surface area contributed by atoms with E-state index in [1.54, 1.807) is 0 Å². The van der Waals surface area contributed by atoms with Gasteiger partial charge in [-0.3, -0.25) is 5.84 Å². The van der Waals surface area contributed by atoms with Crippen LogP contribution in [-0.4, -0.2) is 6.67 Å². The minimum Gasteiger partial charge on any atom is -0.399 e. The first-order chi connectivity index (χ1) is 3.31. The molecule has 0 aromatic rings. The summed E-state index contributed by atoms with van der Waals surface area (Å²) in [5.41, 5.74) is 7.12. The van der Waals surface area contributed by atoms with E-state index in [4.69, 9.17) is 11.6 Å². The molecule has 0 aromatic carbocycles. The lowest BCUT2D eigenvalue weighted by atomic mass is 10.5. The summed E-state index contributed by atoms with van der Waals surface area (Å²) in [6.45, 7) is -0.663. The lowest BCUT2D eigenvalue weighted by Crippen LogP contribution is -2.17. The summed E-state index contributed by atoms with van der Waals surface area (Å²) in [5.74, 6) is 4.73. The topological polar surface area (TPSA) is 64.1 Å². The van der Waals surface area contributed by atoms with Gasteiger partial charge in [0.2, 0.25) is 0 Å². The van der Waals surface area contributed by atoms with E-state index in [9.17, 15) is 4.39 Å². The van der Waals surface area contributed by atoms with Crippen LogP contribution in [0.4, 0.5) is 4.39 Å². The summed E-state index contributed by atoms with van der Waals surface area (Å²) in [7, 11) is 0. The van der Waals surface area contributed by atoms with Gasteiger partial charge in [-0.05, 0) is 0 Å². The van der Waals surface area contributed by atoms with Crippen molar-refractivity contribution in [2.75, 3.05) is 6.67 Å². The van der Waals surface area contributed by atoms with Gasteiger partial charge in [-0.2, -0.15) is 0 Å². The molecule has 0 bridgehead atoms. The zero-order valence-corrected chi connectivity index (χ0v) is 3.82. The zero-order chi connectivity index (χ0) is 5.70. The third-order valence-corrected chi connectivity index (χ3v) is 0.423. The van der Waals surface area contributed by atoms with Gasteiger partial charge >= 0.3 is 0 Å². The second-order valence-corrected chi connectivity index (χ2v) is 1.02. The van der Waals surface area contributed by atoms with Crippen LogP contribution in [0, 0.1) is 0 Å². The number of halogens is 1. The Hall–Kier alpha value is -0.770. The van der Waals surface area contributed by atoms with Crippen molar-refractivity contribution < 1.29 is 4.39 Å². The van der Waals surface area contributed by atoms with E-state index in [2.05, 4.69) is 5.43 Å². The summed E-state index contributed by atoms with van der Waals surface area (Å²) < 4.78 is 11.3. The molecule has 0 saturated heterocycles. The van der Waals surface area contributed by atoms with Crippen molar-refractivity contribution in [3.63, 3.8) is 0 Å². The second-order valence-electron chi connectivity index (χ2n) is 1.02. The third-order valence-electron chi connectivity index (χ3n) is 0.423. The molecule has 0 aliphatic rings. The molecule has 0 fully saturated rings. The Labute approximate surface area is 41.1 Å². The fourth-order valence-electron chi connectivity index (χ4n) is 0.146. The van der Waals surface area contributed by atoms with Gasteiger partial charge in [0.05, 0.1) is 5.70 Å². The van der Waals surface area contributed by atoms with Gasteiger partial charge in [-0.1, -0.05) is 0 Å². The normalized spacial score (nSPS) is 11.4. The summed E-state index contributed by atoms with van der Waals surface area (Å²) in [5, 5.41) is 0. The molecule has 0 aliphatic carbocycles. The molecule has 0 spiro atoms. The van der Waals surface area contributed by atoms with E-state index in [-0.39, 0.29) is 5.70 Å². The van der Waals surface area contributed by atoms with E-state index in [1.165, 1.54) is 6.20 Å². The number of hydrogen-bond acceptors (Lipinski definition) is 3. The van der Waals surface area contributed by atoms with E-state index >= 15 is 0 Å². The number of hydrogen-bond donors (Lipinski definition) is 3. The molecule has 0 heterocycles. The second kappa shape index (κ2) is 3.42. The maximum absolute atomic E-state index is 11.3. The Balaban J connectivity index is 3.29. The van der Waals surface area contributed by atoms with Crippen LogP contribution in [0.5, 0.6) is 0 Å². The van der Waals surface area contributed by atoms with Crippen molar-refractivity contribution in [3.8, 4) is 0 Å². The number of alkyl halides is 1. The molecule has 0 aromatic heterocycles. The molecule has 0 amide bonds. The standard InChI is InChI=1S/C3H8FN3/c4-1-3(5)2-7-6/h2,7H,1,5-6H2/b3-2-. The van der Waals surface area contributed by atoms with E-state index in [1.807, 2.05) is 0 Å². The molecule has 0 saturated carbocycles. The molecule has 0 aliphatic heterocycles. The molecule has 0 atom stereocenters. The first-order valence-electron chi connectivity index (χ1n) is 1.78. The third kappa shape index (κ3) is 3.05. The van der Waals surface area contributed by atoms with E-state index in [0.717, 1.165) is 0 Å². The van der Waals surface area contributed by atoms with Crippen molar-refractivity contribution >= 4 is 0 Å². The minimum absolute atomic E-state index is 0.0995. The molecular weight excluding hydrogens is 97.1 g/mol. The van der Waals surface area contributed by atoms with Crippen LogP contribution in [-0.2, 0) is 0 Å². The number of hydrazine groups is 1. The van der Waals surface area contributed by atoms with Crippen molar-refractivity contribution in [2.45, 2.75) is 0 Å². The molecule has 42 valence electrons. The number of nitrogens with two attached hydrogens (primary N) is 2. The molecule has 0 unspecified atom stereocenters. The van der Waals surface area contributed by atoms with Gasteiger partial charge in [0, 0.05) is 6.20 Å². The average molecular weight is 105 g/mol. The Morgan fingerprint density at radius 2 is 2.43 bits per heavy atom. The summed E-state index contributed by atoms with van der Waals surface area (Å²) >= 11 is 0. The molecular formula is C3H8FN3. The van der Waals surface area contributed by atoms with Crippen molar-refractivity contribution in [1.82, 2.24) is 5.43 Å². The molecule has 7 heavy (non-hydrogen) atoms. The Morgan fingerprint density at radius 1 is 1.86 bits per heavy atom. The number of allylic oxidation sites excluding steroid dienone is 1. The lowest BCUT2D eigenvalue weighted by molar-refractivity contribution is 0.537. The van der Waals surface area contributed by atoms with Crippen LogP contribution in [0.2, 0.25) is 0 Å². The summed E-state index contributed by atoms with van der Waals surface area (Å²) in [6, 6.07) is 0. The smallest absolute Gasteiger partial charge is 0.130 e. The van der Waals surface area contributed by atoms with Crippen LogP contribution >= 0.6 is 0 Å². The number of nitrogens with one attached hydrogen (secondary N) is 1. The predicted octanol–water partition coefficient (Wildman–Crippen LogP) is -0.781. The van der Waals surface area contributed by atoms with Gasteiger partial charge in [0.15, 0.2) is 0 Å². The maximum Gasteiger partial charge on any atom is 0.130 e. The van der Waals surface area contributed by atoms with Crippen LogP contribution < -0.4 is 17.0 Å². The Bertz CT molecular complexity index is 70.6. The largest absolute Gasteiger partial charge is 0.399 e. The van der Waals surface area contributed by atoms with Gasteiger partial charge in [-0.15, -0.1) is 0 Å². The van der Waals surface area contributed by atoms with Crippen LogP contribution in [0.15, 0.2) is 11.9 Å². The van der Waals surface area contributed by atoms with Crippen molar-refractivity contribution in [1.29, 1.82) is 0 Å². The fourth-order valence-corrected chi connectivity index (χ4v) is 0.146. The average Bonchev–Trinajstić information content (AvgIpc) is 1.68. The molecule has 3 nitrogen and oxygen atoms in total. The van der Waals surface area contributed by atoms with Gasteiger partial charge < -0.3 is 11.2 Å². The van der Waals surface area contributed by atoms with E-state index in [0.29, 0.717) is 0 Å². The highest BCUT2D eigenvalue weighted by Gasteiger charge is 1.80. The Morgan fingerprint density at radius 3 is 2.57 bits per heavy atom. The lowest BCUT2D eigenvalue weighted by Gasteiger charge is -1.89. The van der Waals surface area contributed by atoms with Crippen LogP contribution in [0.3, 0.4) is 0 Å². The van der Waals surface area contributed by atoms with Gasteiger partial charge in [0.25, 0.3) is 0 Å². The highest BCUT2D eigenvalue weighted by molar-refractivity contribution is 4.92. The predicted molar refractivity (Wildman–Crippen MR) is 25.6 cm³/mol. The molecule has 0 rings (SSSR count). The zero-order valence-electron chi connectivity index (χ0n) is 3.82. The van der Waals surface area contributed by atoms with Gasteiger partial charge in [-0.25, -0.2) is 4.39 Å². The summed E-state index contributed by atoms with van der Waals surface area (Å²) in [6.07, 6.45) is 1.19. The Kier molecular flexibility index (Phi) is 3.04. The maximum atomic E-state index is 11.3. The minimum atomic E-state index is -0.663. The highest BCUT2D eigenvalue weighted by Crippen LogP contribution is 1.77. The monoisotopic (exact) mass is 105 g/mol. The first-order valence-corrected chi connectivity index (χ1v) is 1.78.